The van der Waals surface area contributed by atoms with Crippen molar-refractivity contribution in [3.63, 3.8) is 0 Å². The highest BCUT2D eigenvalue weighted by Gasteiger charge is 2.35. The van der Waals surface area contributed by atoms with Gasteiger partial charge in [-0.2, -0.15) is 0 Å². The van der Waals surface area contributed by atoms with Gasteiger partial charge in [-0.25, -0.2) is 8.78 Å². The van der Waals surface area contributed by atoms with Gasteiger partial charge < -0.3 is 11.1 Å². The van der Waals surface area contributed by atoms with Gasteiger partial charge in [0.2, 0.25) is 0 Å². The maximum absolute atomic E-state index is 13.8. The van der Waals surface area contributed by atoms with Crippen molar-refractivity contribution < 1.29 is 13.7 Å². The number of benzene rings is 1. The van der Waals surface area contributed by atoms with Gasteiger partial charge in [0.05, 0.1) is 4.92 Å². The molecule has 3 N–H and O–H groups in total. The van der Waals surface area contributed by atoms with Crippen molar-refractivity contribution in [1.82, 2.24) is 0 Å². The van der Waals surface area contributed by atoms with E-state index in [2.05, 4.69) is 5.32 Å². The molecule has 0 heterocycles. The first-order valence-electron chi connectivity index (χ1n) is 6.10. The van der Waals surface area contributed by atoms with Gasteiger partial charge in [0.25, 0.3) is 5.69 Å². The van der Waals surface area contributed by atoms with Crippen LogP contribution in [0.5, 0.6) is 0 Å². The average molecular weight is 271 g/mol. The van der Waals surface area contributed by atoms with E-state index in [4.69, 9.17) is 5.73 Å². The zero-order valence-electron chi connectivity index (χ0n) is 10.3. The Kier molecular flexibility index (Phi) is 3.66. The molecule has 0 unspecified atom stereocenters. The van der Waals surface area contributed by atoms with Gasteiger partial charge in [0.15, 0.2) is 17.3 Å². The molecule has 0 saturated heterocycles. The molecule has 104 valence electrons. The minimum atomic E-state index is -1.23. The largest absolute Gasteiger partial charge is 0.370 e. The maximum Gasteiger partial charge on any atom is 0.295 e. The number of hydrogen-bond acceptors (Lipinski definition) is 4. The van der Waals surface area contributed by atoms with Gasteiger partial charge in [-0.05, 0) is 18.9 Å². The highest BCUT2D eigenvalue weighted by molar-refractivity contribution is 5.64. The molecule has 0 radical (unpaired) electrons. The second kappa shape index (κ2) is 5.08. The molecule has 0 amide bonds. The second-order valence-electron chi connectivity index (χ2n) is 4.83. The van der Waals surface area contributed by atoms with Crippen molar-refractivity contribution in [2.45, 2.75) is 31.2 Å². The summed E-state index contributed by atoms with van der Waals surface area (Å²) in [5, 5.41) is 13.7. The fraction of sp³-hybridized carbons (Fsp3) is 0.500. The number of hydrogen-bond donors (Lipinski definition) is 2. The number of nitrogens with two attached hydrogens (primary N) is 1. The van der Waals surface area contributed by atoms with Crippen LogP contribution in [-0.4, -0.2) is 17.0 Å². The van der Waals surface area contributed by atoms with Crippen molar-refractivity contribution in [2.75, 3.05) is 11.9 Å². The van der Waals surface area contributed by atoms with Crippen LogP contribution < -0.4 is 11.1 Å². The quantitative estimate of drug-likeness (QED) is 0.651. The van der Waals surface area contributed by atoms with Gasteiger partial charge in [-0.15, -0.1) is 0 Å². The summed E-state index contributed by atoms with van der Waals surface area (Å²) in [5.74, 6) is -2.34. The molecule has 1 fully saturated rings. The summed E-state index contributed by atoms with van der Waals surface area (Å²) in [6.07, 6.45) is 3.21. The van der Waals surface area contributed by atoms with Crippen molar-refractivity contribution in [3.8, 4) is 0 Å². The lowest BCUT2D eigenvalue weighted by Crippen LogP contribution is -2.43. The van der Waals surface area contributed by atoms with Crippen LogP contribution in [0.25, 0.3) is 0 Å². The van der Waals surface area contributed by atoms with Gasteiger partial charge >= 0.3 is 0 Å². The molecular formula is C12H15F2N3O2. The van der Waals surface area contributed by atoms with Crippen LogP contribution in [0.4, 0.5) is 20.2 Å². The average Bonchev–Trinajstić information content (AvgIpc) is 2.84. The van der Waals surface area contributed by atoms with Gasteiger partial charge in [-0.3, -0.25) is 10.1 Å². The lowest BCUT2D eigenvalue weighted by Gasteiger charge is -2.29. The van der Waals surface area contributed by atoms with Crippen molar-refractivity contribution >= 4 is 11.4 Å². The summed E-state index contributed by atoms with van der Waals surface area (Å²) in [5.41, 5.74) is 4.22. The summed E-state index contributed by atoms with van der Waals surface area (Å²) in [6.45, 7) is 0.222. The standard InChI is InChI=1S/C12H15F2N3O2/c13-8-3-4-9(17(18)19)11(10(8)14)16-12(7-15)5-1-2-6-12/h3-4,16H,1-2,5-7,15H2. The Hall–Kier alpha value is -1.76. The predicted molar refractivity (Wildman–Crippen MR) is 66.9 cm³/mol. The molecule has 0 aromatic heterocycles. The molecule has 1 aliphatic carbocycles. The first-order chi connectivity index (χ1) is 8.99. The zero-order valence-corrected chi connectivity index (χ0v) is 10.3. The Morgan fingerprint density at radius 3 is 2.53 bits per heavy atom. The minimum Gasteiger partial charge on any atom is -0.370 e. The first kappa shape index (κ1) is 13.7. The Morgan fingerprint density at radius 1 is 1.37 bits per heavy atom. The third-order valence-electron chi connectivity index (χ3n) is 3.61. The molecule has 0 aliphatic heterocycles. The van der Waals surface area contributed by atoms with Crippen LogP contribution in [0.15, 0.2) is 12.1 Å². The summed E-state index contributed by atoms with van der Waals surface area (Å²) in [6, 6.07) is 1.71. The Bertz CT molecular complexity index is 502. The smallest absolute Gasteiger partial charge is 0.295 e. The van der Waals surface area contributed by atoms with E-state index < -0.39 is 33.5 Å². The summed E-state index contributed by atoms with van der Waals surface area (Å²) >= 11 is 0. The molecule has 1 aromatic carbocycles. The monoisotopic (exact) mass is 271 g/mol. The number of rotatable bonds is 4. The van der Waals surface area contributed by atoms with E-state index >= 15 is 0 Å². The lowest BCUT2D eigenvalue weighted by molar-refractivity contribution is -0.384. The summed E-state index contributed by atoms with van der Waals surface area (Å²) < 4.78 is 27.1. The fourth-order valence-electron chi connectivity index (χ4n) is 2.51. The molecule has 0 bridgehead atoms. The van der Waals surface area contributed by atoms with E-state index in [0.717, 1.165) is 25.0 Å². The van der Waals surface area contributed by atoms with Crippen LogP contribution in [0.3, 0.4) is 0 Å². The molecule has 19 heavy (non-hydrogen) atoms. The Morgan fingerprint density at radius 2 is 2.00 bits per heavy atom. The van der Waals surface area contributed by atoms with Gasteiger partial charge in [0.1, 0.15) is 0 Å². The van der Waals surface area contributed by atoms with E-state index in [1.807, 2.05) is 0 Å². The van der Waals surface area contributed by atoms with Crippen LogP contribution in [0.1, 0.15) is 25.7 Å². The molecule has 5 nitrogen and oxygen atoms in total. The van der Waals surface area contributed by atoms with E-state index in [1.165, 1.54) is 0 Å². The Balaban J connectivity index is 2.43. The van der Waals surface area contributed by atoms with E-state index in [0.29, 0.717) is 12.8 Å². The molecule has 2 rings (SSSR count). The highest BCUT2D eigenvalue weighted by atomic mass is 19.2. The normalized spacial score (nSPS) is 17.4. The third kappa shape index (κ3) is 2.51. The van der Waals surface area contributed by atoms with Gasteiger partial charge in [0, 0.05) is 18.2 Å². The van der Waals surface area contributed by atoms with Crippen LogP contribution in [-0.2, 0) is 0 Å². The van der Waals surface area contributed by atoms with E-state index in [-0.39, 0.29) is 6.54 Å². The molecule has 1 saturated carbocycles. The van der Waals surface area contributed by atoms with E-state index in [9.17, 15) is 18.9 Å². The highest BCUT2D eigenvalue weighted by Crippen LogP contribution is 2.37. The van der Waals surface area contributed by atoms with Crippen molar-refractivity contribution in [1.29, 1.82) is 0 Å². The van der Waals surface area contributed by atoms with Crippen LogP contribution >= 0.6 is 0 Å². The number of nitro groups is 1. The van der Waals surface area contributed by atoms with Gasteiger partial charge in [-0.1, -0.05) is 12.8 Å². The second-order valence-corrected chi connectivity index (χ2v) is 4.83. The van der Waals surface area contributed by atoms with Crippen LogP contribution in [0, 0.1) is 21.7 Å². The molecule has 1 aliphatic rings. The molecular weight excluding hydrogens is 256 g/mol. The summed E-state index contributed by atoms with van der Waals surface area (Å²) in [7, 11) is 0. The summed E-state index contributed by atoms with van der Waals surface area (Å²) in [4.78, 5) is 10.2. The number of halogens is 2. The van der Waals surface area contributed by atoms with Crippen molar-refractivity contribution in [3.05, 3.63) is 33.9 Å². The molecule has 7 heteroatoms. The Labute approximate surface area is 108 Å². The predicted octanol–water partition coefficient (Wildman–Crippen LogP) is 2.56. The number of anilines is 1. The fourth-order valence-corrected chi connectivity index (χ4v) is 2.51. The van der Waals surface area contributed by atoms with Crippen LogP contribution in [0.2, 0.25) is 0 Å². The number of nitrogens with one attached hydrogen (secondary N) is 1. The topological polar surface area (TPSA) is 81.2 Å². The van der Waals surface area contributed by atoms with E-state index in [1.54, 1.807) is 0 Å². The SMILES string of the molecule is NCC1(Nc2c([N+](=O)[O-])ccc(F)c2F)CCCC1. The third-order valence-corrected chi connectivity index (χ3v) is 3.61. The molecule has 0 atom stereocenters. The number of nitro benzene ring substituents is 1. The van der Waals surface area contributed by atoms with Crippen molar-refractivity contribution in [2.24, 2.45) is 5.73 Å². The molecule has 1 aromatic rings. The lowest BCUT2D eigenvalue weighted by atomic mass is 9.97. The maximum atomic E-state index is 13.8. The number of nitrogens with zero attached hydrogens (tertiary/aromatic N) is 1. The minimum absolute atomic E-state index is 0.222. The zero-order chi connectivity index (χ0) is 14.0. The molecule has 0 spiro atoms. The first-order valence-corrected chi connectivity index (χ1v) is 6.10.